The molecular formula is C35H56O8. The Kier molecular flexibility index (Phi) is 7.60. The van der Waals surface area contributed by atoms with Crippen molar-refractivity contribution in [1.82, 2.24) is 0 Å². The second-order valence-corrected chi connectivity index (χ2v) is 17.3. The Bertz CT molecular complexity index is 1150. The van der Waals surface area contributed by atoms with Crippen molar-refractivity contribution in [1.29, 1.82) is 0 Å². The van der Waals surface area contributed by atoms with Crippen LogP contribution >= 0.6 is 0 Å². The first-order valence-electron chi connectivity index (χ1n) is 16.8. The van der Waals surface area contributed by atoms with Crippen LogP contribution in [0.25, 0.3) is 0 Å². The molecule has 8 heteroatoms. The Labute approximate surface area is 257 Å². The predicted octanol–water partition coefficient (Wildman–Crippen LogP) is 4.67. The van der Waals surface area contributed by atoms with E-state index in [4.69, 9.17) is 9.47 Å². The monoisotopic (exact) mass is 604 g/mol. The van der Waals surface area contributed by atoms with Crippen molar-refractivity contribution < 1.29 is 39.8 Å². The van der Waals surface area contributed by atoms with Crippen LogP contribution in [0.2, 0.25) is 0 Å². The highest BCUT2D eigenvalue weighted by molar-refractivity contribution is 5.76. The maximum absolute atomic E-state index is 12.9. The molecule has 5 N–H and O–H groups in total. The maximum atomic E-state index is 12.9. The summed E-state index contributed by atoms with van der Waals surface area (Å²) < 4.78 is 11.7. The number of allylic oxidation sites excluding steroid dienone is 2. The largest absolute Gasteiger partial charge is 0.481 e. The van der Waals surface area contributed by atoms with E-state index >= 15 is 0 Å². The van der Waals surface area contributed by atoms with E-state index in [2.05, 4.69) is 47.6 Å². The second kappa shape index (κ2) is 10.2. The number of rotatable bonds is 4. The van der Waals surface area contributed by atoms with Crippen molar-refractivity contribution in [3.05, 3.63) is 11.6 Å². The van der Waals surface area contributed by atoms with Crippen molar-refractivity contribution >= 4 is 5.97 Å². The van der Waals surface area contributed by atoms with Gasteiger partial charge in [0.25, 0.3) is 0 Å². The molecule has 0 bridgehead atoms. The number of hydrogen-bond acceptors (Lipinski definition) is 7. The minimum absolute atomic E-state index is 0.0154. The summed E-state index contributed by atoms with van der Waals surface area (Å²) in [6.45, 7) is 14.2. The van der Waals surface area contributed by atoms with Crippen molar-refractivity contribution in [2.75, 3.05) is 13.2 Å². The average molecular weight is 605 g/mol. The van der Waals surface area contributed by atoms with Crippen molar-refractivity contribution in [2.24, 2.45) is 50.2 Å². The standard InChI is InChI=1S/C35H56O8/c1-30(2)13-15-35(29(40)41)16-14-33(5)20(21(35)17-30)7-8-24-31(3)11-10-25(37)32(4,23(31)9-12-34(24,33)6)19-43-28-27(39)26(38)22(36)18-42-28/h7,21-28,36-39H,8-19H2,1-6H3,(H,40,41)/t21-,22+,23-,24+,25-,26+,27+,28+,31-,32-,33+,34+,35-/m0/s1. The van der Waals surface area contributed by atoms with Gasteiger partial charge in [-0.2, -0.15) is 0 Å². The first-order chi connectivity index (χ1) is 20.0. The predicted molar refractivity (Wildman–Crippen MR) is 161 cm³/mol. The second-order valence-electron chi connectivity index (χ2n) is 17.3. The molecule has 6 rings (SSSR count). The molecule has 244 valence electrons. The third kappa shape index (κ3) is 4.40. The Morgan fingerprint density at radius 3 is 2.30 bits per heavy atom. The van der Waals surface area contributed by atoms with E-state index in [-0.39, 0.29) is 46.7 Å². The number of carbonyl (C=O) groups is 1. The summed E-state index contributed by atoms with van der Waals surface area (Å²) in [6, 6.07) is 0. The highest BCUT2D eigenvalue weighted by Gasteiger charge is 2.69. The molecule has 0 radical (unpaired) electrons. The van der Waals surface area contributed by atoms with E-state index in [1.165, 1.54) is 5.57 Å². The lowest BCUT2D eigenvalue weighted by molar-refractivity contribution is -0.291. The van der Waals surface area contributed by atoms with Crippen LogP contribution in [-0.2, 0) is 14.3 Å². The quantitative estimate of drug-likeness (QED) is 0.292. The molecule has 1 heterocycles. The summed E-state index contributed by atoms with van der Waals surface area (Å²) in [5.41, 5.74) is 0.232. The third-order valence-corrected chi connectivity index (χ3v) is 14.9. The van der Waals surface area contributed by atoms with Gasteiger partial charge in [0, 0.05) is 5.41 Å². The molecule has 1 aliphatic heterocycles. The van der Waals surface area contributed by atoms with E-state index in [9.17, 15) is 30.3 Å². The van der Waals surface area contributed by atoms with E-state index < -0.39 is 47.5 Å². The SMILES string of the molecule is CC1(C)CC[C@]2(C(=O)O)CC[C@]3(C)C(=CC[C@@H]4[C@@]5(C)CC[C@H](O)[C@@](C)(CO[C@H]6OC[C@@H](O)[C@@H](O)[C@H]6O)[C@H]5CC[C@]43C)[C@@H]2C1. The number of aliphatic hydroxyl groups is 4. The molecule has 8 nitrogen and oxygen atoms in total. The van der Waals surface area contributed by atoms with Crippen LogP contribution in [0.15, 0.2) is 11.6 Å². The first-order valence-corrected chi connectivity index (χ1v) is 16.8. The van der Waals surface area contributed by atoms with Crippen LogP contribution in [0, 0.1) is 50.2 Å². The zero-order valence-corrected chi connectivity index (χ0v) is 27.1. The minimum atomic E-state index is -1.36. The lowest BCUT2D eigenvalue weighted by Gasteiger charge is -2.71. The van der Waals surface area contributed by atoms with Gasteiger partial charge in [-0.3, -0.25) is 4.79 Å². The van der Waals surface area contributed by atoms with Crippen molar-refractivity contribution in [3.63, 3.8) is 0 Å². The molecular weight excluding hydrogens is 548 g/mol. The summed E-state index contributed by atoms with van der Waals surface area (Å²) in [7, 11) is 0. The molecule has 0 amide bonds. The first kappa shape index (κ1) is 31.9. The number of ether oxygens (including phenoxy) is 2. The van der Waals surface area contributed by atoms with Crippen LogP contribution in [0.3, 0.4) is 0 Å². The minimum Gasteiger partial charge on any atom is -0.481 e. The number of aliphatic hydroxyl groups excluding tert-OH is 4. The summed E-state index contributed by atoms with van der Waals surface area (Å²) in [5.74, 6) is 0.0529. The Balaban J connectivity index is 1.31. The molecule has 0 aromatic carbocycles. The number of carboxylic acids is 1. The van der Waals surface area contributed by atoms with Crippen LogP contribution in [0.4, 0.5) is 0 Å². The van der Waals surface area contributed by atoms with Crippen molar-refractivity contribution in [2.45, 2.75) is 136 Å². The van der Waals surface area contributed by atoms with Gasteiger partial charge in [-0.05, 0) is 104 Å². The average Bonchev–Trinajstić information content (AvgIpc) is 2.93. The van der Waals surface area contributed by atoms with Crippen LogP contribution in [0.1, 0.15) is 106 Å². The zero-order valence-electron chi connectivity index (χ0n) is 27.1. The lowest BCUT2D eigenvalue weighted by Crippen LogP contribution is -2.66. The molecule has 0 aromatic rings. The van der Waals surface area contributed by atoms with E-state index in [1.54, 1.807) is 0 Å². The summed E-state index contributed by atoms with van der Waals surface area (Å²) in [5, 5.41) is 52.6. The topological polar surface area (TPSA) is 137 Å². The Morgan fingerprint density at radius 1 is 0.907 bits per heavy atom. The summed E-state index contributed by atoms with van der Waals surface area (Å²) >= 11 is 0. The molecule has 0 spiro atoms. The number of hydrogen-bond donors (Lipinski definition) is 5. The fourth-order valence-electron chi connectivity index (χ4n) is 11.8. The molecule has 0 unspecified atom stereocenters. The molecule has 0 aromatic heterocycles. The molecule has 43 heavy (non-hydrogen) atoms. The maximum Gasteiger partial charge on any atom is 0.310 e. The summed E-state index contributed by atoms with van der Waals surface area (Å²) in [6.07, 6.45) is 5.80. The van der Waals surface area contributed by atoms with Gasteiger partial charge in [-0.1, -0.05) is 53.2 Å². The molecule has 6 aliphatic rings. The molecule has 5 fully saturated rings. The van der Waals surface area contributed by atoms with E-state index in [1.807, 2.05) is 0 Å². The normalized spacial score (nSPS) is 54.3. The summed E-state index contributed by atoms with van der Waals surface area (Å²) in [4.78, 5) is 12.9. The van der Waals surface area contributed by atoms with Gasteiger partial charge < -0.3 is 35.0 Å². The van der Waals surface area contributed by atoms with Gasteiger partial charge in [0.1, 0.15) is 18.3 Å². The fraction of sp³-hybridized carbons (Fsp3) is 0.914. The van der Waals surface area contributed by atoms with Crippen LogP contribution in [-0.4, -0.2) is 75.4 Å². The van der Waals surface area contributed by atoms with Gasteiger partial charge in [0.2, 0.25) is 0 Å². The molecule has 5 aliphatic carbocycles. The fourth-order valence-corrected chi connectivity index (χ4v) is 11.8. The number of aliphatic carboxylic acids is 1. The van der Waals surface area contributed by atoms with Crippen LogP contribution in [0.5, 0.6) is 0 Å². The highest BCUT2D eigenvalue weighted by Crippen LogP contribution is 2.75. The third-order valence-electron chi connectivity index (χ3n) is 14.9. The van der Waals surface area contributed by atoms with Crippen molar-refractivity contribution in [3.8, 4) is 0 Å². The number of fused-ring (bicyclic) bond motifs is 7. The van der Waals surface area contributed by atoms with E-state index in [0.717, 1.165) is 57.8 Å². The van der Waals surface area contributed by atoms with Gasteiger partial charge in [0.15, 0.2) is 6.29 Å². The Hall–Kier alpha value is -1.03. The van der Waals surface area contributed by atoms with Gasteiger partial charge >= 0.3 is 5.97 Å². The molecule has 13 atom stereocenters. The number of carboxylic acid groups (broad SMARTS) is 1. The highest BCUT2D eigenvalue weighted by atomic mass is 16.7. The Morgan fingerprint density at radius 2 is 1.60 bits per heavy atom. The lowest BCUT2D eigenvalue weighted by atomic mass is 9.33. The van der Waals surface area contributed by atoms with E-state index in [0.29, 0.717) is 12.3 Å². The van der Waals surface area contributed by atoms with Crippen LogP contribution < -0.4 is 0 Å². The van der Waals surface area contributed by atoms with Gasteiger partial charge in [-0.25, -0.2) is 0 Å². The van der Waals surface area contributed by atoms with Gasteiger partial charge in [-0.15, -0.1) is 0 Å². The molecule has 1 saturated heterocycles. The van der Waals surface area contributed by atoms with Gasteiger partial charge in [0.05, 0.1) is 24.7 Å². The smallest absolute Gasteiger partial charge is 0.310 e. The molecule has 4 saturated carbocycles. The zero-order chi connectivity index (χ0) is 31.4.